The summed E-state index contributed by atoms with van der Waals surface area (Å²) in [6.45, 7) is 2.12. The van der Waals surface area contributed by atoms with Gasteiger partial charge in [0.2, 0.25) is 6.29 Å². The summed E-state index contributed by atoms with van der Waals surface area (Å²) < 4.78 is 23.1. The van der Waals surface area contributed by atoms with Crippen LogP contribution in [0.15, 0.2) is 121 Å². The van der Waals surface area contributed by atoms with Gasteiger partial charge in [-0.2, -0.15) is 0 Å². The summed E-state index contributed by atoms with van der Waals surface area (Å²) in [5.41, 5.74) is 6.98. The smallest absolute Gasteiger partial charge is 0.202 e. The molecule has 0 bridgehead atoms. The van der Waals surface area contributed by atoms with Gasteiger partial charge in [0.25, 0.3) is 0 Å². The Labute approximate surface area is 250 Å². The number of hydrogen-bond donors (Lipinski definition) is 0. The molecule has 0 amide bonds. The molecule has 43 heavy (non-hydrogen) atoms. The predicted molar refractivity (Wildman–Crippen MR) is 169 cm³/mol. The van der Waals surface area contributed by atoms with Gasteiger partial charge in [0.1, 0.15) is 24.2 Å². The zero-order valence-electron chi connectivity index (χ0n) is 23.7. The lowest BCUT2D eigenvalue weighted by molar-refractivity contribution is -0.165. The highest BCUT2D eigenvalue weighted by atomic mass is 16.7. The van der Waals surface area contributed by atoms with Gasteiger partial charge in [-0.25, -0.2) is 0 Å². The number of hydrogen-bond acceptors (Lipinski definition) is 4. The van der Waals surface area contributed by atoms with E-state index in [1.54, 1.807) is 0 Å². The van der Waals surface area contributed by atoms with Gasteiger partial charge < -0.3 is 18.9 Å². The fourth-order valence-corrected chi connectivity index (χ4v) is 6.97. The second-order valence-electron chi connectivity index (χ2n) is 11.7. The lowest BCUT2D eigenvalue weighted by Crippen LogP contribution is -2.32. The molecule has 0 N–H and O–H groups in total. The number of epoxide rings is 1. The largest absolute Gasteiger partial charge is 0.491 e. The van der Waals surface area contributed by atoms with E-state index in [9.17, 15) is 0 Å². The fraction of sp³-hybridized carbons (Fsp3) is 0.179. The summed E-state index contributed by atoms with van der Waals surface area (Å²) in [7, 11) is 0. The topological polar surface area (TPSA) is 40.2 Å². The minimum absolute atomic E-state index is 0.156. The highest BCUT2D eigenvalue weighted by Crippen LogP contribution is 2.59. The predicted octanol–water partition coefficient (Wildman–Crippen LogP) is 8.26. The van der Waals surface area contributed by atoms with E-state index in [4.69, 9.17) is 18.9 Å². The van der Waals surface area contributed by atoms with E-state index in [1.807, 2.05) is 0 Å². The van der Waals surface area contributed by atoms with Crippen molar-refractivity contribution in [3.8, 4) is 22.6 Å². The summed E-state index contributed by atoms with van der Waals surface area (Å²) in [6.07, 6.45) is 0.981. The van der Waals surface area contributed by atoms with E-state index in [0.29, 0.717) is 6.61 Å². The van der Waals surface area contributed by atoms with Gasteiger partial charge in [-0.1, -0.05) is 84.9 Å². The molecule has 0 spiro atoms. The summed E-state index contributed by atoms with van der Waals surface area (Å²) >= 11 is 0. The third-order valence-corrected chi connectivity index (χ3v) is 9.22. The Bertz CT molecular complexity index is 1990. The lowest BCUT2D eigenvalue weighted by atomic mass is 9.66. The lowest BCUT2D eigenvalue weighted by Gasteiger charge is -2.35. The molecule has 1 aliphatic carbocycles. The number of benzene rings is 6. The molecule has 2 saturated heterocycles. The molecule has 0 saturated carbocycles. The number of ether oxygens (including phenoxy) is 4. The third-order valence-electron chi connectivity index (χ3n) is 9.22. The average Bonchev–Trinajstić information content (AvgIpc) is 3.83. The molecule has 0 radical (unpaired) electrons. The highest BCUT2D eigenvalue weighted by molar-refractivity contribution is 6.03. The van der Waals surface area contributed by atoms with E-state index < -0.39 is 5.41 Å². The second kappa shape index (κ2) is 9.70. The number of fused-ring (bicyclic) bond motifs is 6. The molecule has 2 fully saturated rings. The minimum atomic E-state index is -0.556. The van der Waals surface area contributed by atoms with Crippen LogP contribution in [0.4, 0.5) is 0 Å². The fourth-order valence-electron chi connectivity index (χ4n) is 6.97. The molecule has 3 aliphatic rings. The van der Waals surface area contributed by atoms with Crippen molar-refractivity contribution in [2.45, 2.75) is 24.2 Å². The maximum Gasteiger partial charge on any atom is 0.202 e. The maximum absolute atomic E-state index is 6.09. The zero-order chi connectivity index (χ0) is 28.4. The van der Waals surface area contributed by atoms with E-state index in [-0.39, 0.29) is 12.4 Å². The summed E-state index contributed by atoms with van der Waals surface area (Å²) in [5.74, 6) is 1.68. The van der Waals surface area contributed by atoms with Crippen LogP contribution in [0.1, 0.15) is 28.7 Å². The quantitative estimate of drug-likeness (QED) is 0.183. The normalized spacial score (nSPS) is 21.7. The molecule has 2 heterocycles. The monoisotopic (exact) mass is 562 g/mol. The van der Waals surface area contributed by atoms with E-state index in [2.05, 4.69) is 121 Å². The van der Waals surface area contributed by atoms with Gasteiger partial charge in [-0.15, -0.1) is 0 Å². The molecule has 4 nitrogen and oxygen atoms in total. The van der Waals surface area contributed by atoms with Crippen LogP contribution in [-0.4, -0.2) is 32.2 Å². The van der Waals surface area contributed by atoms with Crippen molar-refractivity contribution in [3.63, 3.8) is 0 Å². The first-order valence-electron chi connectivity index (χ1n) is 15.1. The second-order valence-corrected chi connectivity index (χ2v) is 11.7. The van der Waals surface area contributed by atoms with Crippen molar-refractivity contribution in [2.75, 3.05) is 19.8 Å². The van der Waals surface area contributed by atoms with Crippen LogP contribution in [-0.2, 0) is 14.9 Å². The summed E-state index contributed by atoms with van der Waals surface area (Å²) in [6, 6.07) is 44.1. The van der Waals surface area contributed by atoms with E-state index in [0.717, 1.165) is 31.1 Å². The van der Waals surface area contributed by atoms with Crippen LogP contribution < -0.4 is 9.47 Å². The van der Waals surface area contributed by atoms with Crippen LogP contribution in [0.25, 0.3) is 32.7 Å². The molecule has 9 rings (SSSR count). The van der Waals surface area contributed by atoms with E-state index >= 15 is 0 Å². The molecule has 2 aliphatic heterocycles. The van der Waals surface area contributed by atoms with Crippen LogP contribution >= 0.6 is 0 Å². The zero-order valence-corrected chi connectivity index (χ0v) is 23.7. The molecule has 6 aromatic rings. The average molecular weight is 563 g/mol. The standard InChI is InChI=1S/C39H30O4/c1-2-7-27-22-36-35(21-26(27)6-1)34-18-9-25-5-3-4-8-33(25)38(34)39(36,28-10-14-30(15-11-28)41-23-32-24-42-32)29-12-16-31(17-13-29)43-37-19-20-40-37/h1-18,21-22,32,37H,19-20,23-24H2/t32-,37?,39?/m1/s1. The van der Waals surface area contributed by atoms with Crippen LogP contribution in [0.5, 0.6) is 11.5 Å². The summed E-state index contributed by atoms with van der Waals surface area (Å²) in [4.78, 5) is 0. The Morgan fingerprint density at radius 1 is 0.651 bits per heavy atom. The van der Waals surface area contributed by atoms with Crippen molar-refractivity contribution >= 4 is 21.5 Å². The first-order chi connectivity index (χ1) is 21.3. The van der Waals surface area contributed by atoms with Gasteiger partial charge in [-0.3, -0.25) is 0 Å². The van der Waals surface area contributed by atoms with Crippen LogP contribution in [0.2, 0.25) is 0 Å². The summed E-state index contributed by atoms with van der Waals surface area (Å²) in [5, 5.41) is 4.96. The molecule has 6 aromatic carbocycles. The Kier molecular flexibility index (Phi) is 5.62. The molecule has 210 valence electrons. The Morgan fingerprint density at radius 2 is 1.30 bits per heavy atom. The van der Waals surface area contributed by atoms with Crippen molar-refractivity contribution in [2.24, 2.45) is 0 Å². The van der Waals surface area contributed by atoms with Gasteiger partial charge in [0, 0.05) is 6.42 Å². The molecule has 2 unspecified atom stereocenters. The molecule has 0 aromatic heterocycles. The molecule has 4 heteroatoms. The van der Waals surface area contributed by atoms with Crippen LogP contribution in [0, 0.1) is 0 Å². The van der Waals surface area contributed by atoms with Gasteiger partial charge in [-0.05, 0) is 91.3 Å². The van der Waals surface area contributed by atoms with Gasteiger partial charge in [0.05, 0.1) is 18.6 Å². The highest BCUT2D eigenvalue weighted by Gasteiger charge is 2.47. The van der Waals surface area contributed by atoms with Crippen molar-refractivity contribution in [1.82, 2.24) is 0 Å². The van der Waals surface area contributed by atoms with Crippen molar-refractivity contribution in [1.29, 1.82) is 0 Å². The van der Waals surface area contributed by atoms with Crippen molar-refractivity contribution < 1.29 is 18.9 Å². The van der Waals surface area contributed by atoms with Crippen LogP contribution in [0.3, 0.4) is 0 Å². The SMILES string of the molecule is c1ccc2cc3c(cc2c1)-c1ccc2ccccc2c1C3(c1ccc(OC[C@@H]2CO2)cc1)c1ccc(OC2CCO2)cc1. The van der Waals surface area contributed by atoms with Gasteiger partial charge >= 0.3 is 0 Å². The Hall–Kier alpha value is -4.64. The van der Waals surface area contributed by atoms with Gasteiger partial charge in [0.15, 0.2) is 0 Å². The number of rotatable bonds is 7. The Morgan fingerprint density at radius 3 is 1.98 bits per heavy atom. The first kappa shape index (κ1) is 24.9. The van der Waals surface area contributed by atoms with E-state index in [1.165, 1.54) is 54.9 Å². The minimum Gasteiger partial charge on any atom is -0.491 e. The Balaban J connectivity index is 1.32. The maximum atomic E-state index is 6.09. The molecular formula is C39H30O4. The molecular weight excluding hydrogens is 532 g/mol. The van der Waals surface area contributed by atoms with Crippen molar-refractivity contribution in [3.05, 3.63) is 144 Å². The first-order valence-corrected chi connectivity index (χ1v) is 15.1. The molecule has 3 atom stereocenters. The third kappa shape index (κ3) is 3.98.